The quantitative estimate of drug-likeness (QED) is 0.313. The van der Waals surface area contributed by atoms with Crippen LogP contribution in [-0.4, -0.2) is 88.5 Å². The molecule has 1 aliphatic heterocycles. The highest BCUT2D eigenvalue weighted by atomic mass is 16.2. The maximum absolute atomic E-state index is 13.6. The molecule has 246 valence electrons. The van der Waals surface area contributed by atoms with Gasteiger partial charge in [-0.15, -0.1) is 0 Å². The zero-order chi connectivity index (χ0) is 32.3. The predicted octanol–water partition coefficient (Wildman–Crippen LogP) is 3.06. The number of aromatic nitrogens is 2. The van der Waals surface area contributed by atoms with E-state index in [-0.39, 0.29) is 35.5 Å². The van der Waals surface area contributed by atoms with E-state index in [9.17, 15) is 19.2 Å². The lowest BCUT2D eigenvalue weighted by molar-refractivity contribution is -0.138. The number of rotatable bonds is 12. The van der Waals surface area contributed by atoms with Crippen LogP contribution >= 0.6 is 0 Å². The van der Waals surface area contributed by atoms with Crippen molar-refractivity contribution in [1.82, 2.24) is 35.5 Å². The smallest absolute Gasteiger partial charge is 0.270 e. The van der Waals surface area contributed by atoms with E-state index in [0.717, 1.165) is 62.7 Å². The molecule has 0 radical (unpaired) electrons. The molecule has 0 unspecified atom stereocenters. The molecule has 11 heteroatoms. The number of aryl methyl sites for hydroxylation is 1. The van der Waals surface area contributed by atoms with E-state index in [4.69, 9.17) is 0 Å². The number of likely N-dealkylation sites (N-methyl/N-ethyl adjacent to an activating group) is 1. The molecule has 11 nitrogen and oxygen atoms in total. The lowest BCUT2D eigenvalue weighted by Gasteiger charge is -2.36. The van der Waals surface area contributed by atoms with E-state index in [0.29, 0.717) is 38.3 Å². The van der Waals surface area contributed by atoms with Crippen LogP contribution in [0.25, 0.3) is 0 Å². The molecule has 2 aromatic rings. The van der Waals surface area contributed by atoms with Crippen molar-refractivity contribution >= 4 is 23.6 Å². The number of piperazine rings is 1. The van der Waals surface area contributed by atoms with Crippen LogP contribution in [0, 0.1) is 5.92 Å². The zero-order valence-corrected chi connectivity index (χ0v) is 27.4. The summed E-state index contributed by atoms with van der Waals surface area (Å²) in [7, 11) is 2.04. The van der Waals surface area contributed by atoms with Gasteiger partial charge >= 0.3 is 0 Å². The van der Waals surface area contributed by atoms with Crippen molar-refractivity contribution in [3.63, 3.8) is 0 Å². The van der Waals surface area contributed by atoms with Crippen molar-refractivity contribution in [3.05, 3.63) is 53.3 Å². The van der Waals surface area contributed by atoms with Crippen molar-refractivity contribution < 1.29 is 19.2 Å². The van der Waals surface area contributed by atoms with Crippen LogP contribution in [0.15, 0.2) is 36.5 Å². The van der Waals surface area contributed by atoms with E-state index in [1.54, 1.807) is 23.9 Å². The first-order valence-corrected chi connectivity index (χ1v) is 16.7. The highest BCUT2D eigenvalue weighted by Gasteiger charge is 2.33. The molecule has 0 bridgehead atoms. The number of carbonyl (C=O) groups is 4. The number of carbonyl (C=O) groups excluding carboxylic acids is 4. The van der Waals surface area contributed by atoms with Crippen LogP contribution < -0.4 is 16.0 Å². The first-order chi connectivity index (χ1) is 21.7. The molecule has 1 saturated carbocycles. The summed E-state index contributed by atoms with van der Waals surface area (Å²) in [5.74, 6) is -0.831. The second-order valence-electron chi connectivity index (χ2n) is 12.5. The zero-order valence-electron chi connectivity index (χ0n) is 27.4. The topological polar surface area (TPSA) is 129 Å². The Hall–Kier alpha value is -3.73. The van der Waals surface area contributed by atoms with Crippen molar-refractivity contribution in [1.29, 1.82) is 0 Å². The second-order valence-corrected chi connectivity index (χ2v) is 12.5. The molecule has 1 aliphatic carbocycles. The maximum atomic E-state index is 13.6. The first-order valence-electron chi connectivity index (χ1n) is 16.7. The van der Waals surface area contributed by atoms with Gasteiger partial charge in [0.2, 0.25) is 17.7 Å². The Bertz CT molecular complexity index is 1280. The minimum absolute atomic E-state index is 0.0534. The van der Waals surface area contributed by atoms with Crippen molar-refractivity contribution in [3.8, 4) is 0 Å². The maximum Gasteiger partial charge on any atom is 0.270 e. The van der Waals surface area contributed by atoms with Gasteiger partial charge in [0.25, 0.3) is 5.91 Å². The first kappa shape index (κ1) is 34.1. The minimum atomic E-state index is -0.653. The number of benzene rings is 1. The Labute approximate surface area is 267 Å². The fourth-order valence-electron chi connectivity index (χ4n) is 6.36. The number of hydrogen-bond acceptors (Lipinski definition) is 6. The molecule has 2 heterocycles. The van der Waals surface area contributed by atoms with E-state index in [1.165, 1.54) is 0 Å². The third-order valence-electron chi connectivity index (χ3n) is 9.38. The van der Waals surface area contributed by atoms with Crippen LogP contribution in [-0.2, 0) is 27.5 Å². The molecular formula is C34H51N7O4. The number of nitrogens with one attached hydrogen (secondary N) is 3. The summed E-state index contributed by atoms with van der Waals surface area (Å²) in [5.41, 5.74) is 2.30. The molecule has 45 heavy (non-hydrogen) atoms. The fraction of sp³-hybridized carbons (Fsp3) is 0.618. The van der Waals surface area contributed by atoms with Crippen LogP contribution in [0.4, 0.5) is 0 Å². The summed E-state index contributed by atoms with van der Waals surface area (Å²) in [6.07, 6.45) is 8.11. The molecular weight excluding hydrogens is 570 g/mol. The van der Waals surface area contributed by atoms with Crippen molar-refractivity contribution in [2.75, 3.05) is 33.2 Å². The fourth-order valence-corrected chi connectivity index (χ4v) is 6.36. The third kappa shape index (κ3) is 9.15. The van der Waals surface area contributed by atoms with Gasteiger partial charge in [0, 0.05) is 57.8 Å². The van der Waals surface area contributed by atoms with E-state index in [1.807, 2.05) is 50.1 Å². The van der Waals surface area contributed by atoms with Crippen LogP contribution in [0.1, 0.15) is 93.3 Å². The summed E-state index contributed by atoms with van der Waals surface area (Å²) in [5, 5.41) is 13.3. The highest BCUT2D eigenvalue weighted by Crippen LogP contribution is 2.27. The predicted molar refractivity (Wildman–Crippen MR) is 173 cm³/mol. The van der Waals surface area contributed by atoms with Crippen LogP contribution in [0.2, 0.25) is 0 Å². The Kier molecular flexibility index (Phi) is 12.6. The standard InChI is InChI=1S/C34H51N7O4/c1-5-29(42)37-30(34(45)40-21-19-39(4)20-22-40)24(3)26-15-13-25(14-16-26)23-35-33(44)31(27-11-9-7-8-10-12-27)38-32(43)28-17-18-36-41(28)6-2/h13-18,24,27,30-31H,5-12,19-23H2,1-4H3,(H,35,44)(H,37,42)(H,38,43)/t24-,30+,31-/m0/s1. The molecule has 0 spiro atoms. The van der Waals surface area contributed by atoms with Gasteiger partial charge in [0.15, 0.2) is 0 Å². The summed E-state index contributed by atoms with van der Waals surface area (Å²) in [6.45, 7) is 9.47. The molecule has 1 aromatic heterocycles. The minimum Gasteiger partial charge on any atom is -0.350 e. The monoisotopic (exact) mass is 621 g/mol. The van der Waals surface area contributed by atoms with Gasteiger partial charge in [-0.05, 0) is 49.9 Å². The molecule has 4 rings (SSSR count). The molecule has 3 atom stereocenters. The van der Waals surface area contributed by atoms with Crippen molar-refractivity contribution in [2.45, 2.75) is 96.8 Å². The average Bonchev–Trinajstić information content (AvgIpc) is 3.39. The second kappa shape index (κ2) is 16.5. The summed E-state index contributed by atoms with van der Waals surface area (Å²) in [4.78, 5) is 56.8. The van der Waals surface area contributed by atoms with Gasteiger partial charge in [0.05, 0.1) is 0 Å². The Morgan fingerprint density at radius 3 is 2.20 bits per heavy atom. The lowest BCUT2D eigenvalue weighted by Crippen LogP contribution is -2.55. The van der Waals surface area contributed by atoms with Crippen LogP contribution in [0.5, 0.6) is 0 Å². The molecule has 2 aliphatic rings. The van der Waals surface area contributed by atoms with Gasteiger partial charge in [0.1, 0.15) is 17.8 Å². The highest BCUT2D eigenvalue weighted by molar-refractivity contribution is 5.96. The summed E-state index contributed by atoms with van der Waals surface area (Å²) >= 11 is 0. The van der Waals surface area contributed by atoms with E-state index >= 15 is 0 Å². The van der Waals surface area contributed by atoms with Gasteiger partial charge in [-0.25, -0.2) is 0 Å². The lowest BCUT2D eigenvalue weighted by atomic mass is 9.90. The average molecular weight is 622 g/mol. The van der Waals surface area contributed by atoms with Gasteiger partial charge in [-0.1, -0.05) is 63.8 Å². The molecule has 4 amide bonds. The number of hydrogen-bond donors (Lipinski definition) is 3. The number of nitrogens with zero attached hydrogens (tertiary/aromatic N) is 4. The Morgan fingerprint density at radius 1 is 0.911 bits per heavy atom. The largest absolute Gasteiger partial charge is 0.350 e. The Morgan fingerprint density at radius 2 is 1.58 bits per heavy atom. The summed E-state index contributed by atoms with van der Waals surface area (Å²) < 4.78 is 1.64. The van der Waals surface area contributed by atoms with E-state index < -0.39 is 12.1 Å². The van der Waals surface area contributed by atoms with Crippen molar-refractivity contribution in [2.24, 2.45) is 5.92 Å². The van der Waals surface area contributed by atoms with E-state index in [2.05, 4.69) is 25.9 Å². The Balaban J connectivity index is 1.42. The SMILES string of the molecule is CCC(=O)N[C@@H](C(=O)N1CCN(C)CC1)[C@@H](C)c1ccc(CNC(=O)[C@@H](NC(=O)c2ccnn2CC)C2CCCCCC2)cc1. The molecule has 1 aromatic carbocycles. The normalized spacial score (nSPS) is 18.4. The third-order valence-corrected chi connectivity index (χ3v) is 9.38. The van der Waals surface area contributed by atoms with Gasteiger partial charge < -0.3 is 25.8 Å². The summed E-state index contributed by atoms with van der Waals surface area (Å²) in [6, 6.07) is 8.23. The molecule has 3 N–H and O–H groups in total. The van der Waals surface area contributed by atoms with Gasteiger partial charge in [-0.3, -0.25) is 23.9 Å². The van der Waals surface area contributed by atoms with Gasteiger partial charge in [-0.2, -0.15) is 5.10 Å². The number of amides is 4. The van der Waals surface area contributed by atoms with Crippen LogP contribution in [0.3, 0.4) is 0 Å². The molecule has 1 saturated heterocycles. The molecule has 2 fully saturated rings.